The summed E-state index contributed by atoms with van der Waals surface area (Å²) in [5.74, 6) is 0. The number of halogens is 1. The van der Waals surface area contributed by atoms with Gasteiger partial charge in [0, 0.05) is 37.5 Å². The third-order valence-electron chi connectivity index (χ3n) is 2.47. The van der Waals surface area contributed by atoms with Crippen LogP contribution in [0.15, 0.2) is 18.2 Å². The van der Waals surface area contributed by atoms with Crippen LogP contribution in [-0.4, -0.2) is 26.8 Å². The van der Waals surface area contributed by atoms with E-state index in [1.54, 1.807) is 0 Å². The van der Waals surface area contributed by atoms with Crippen molar-refractivity contribution in [3.63, 3.8) is 0 Å². The first-order valence-electron chi connectivity index (χ1n) is 5.46. The zero-order valence-electron chi connectivity index (χ0n) is 9.87. The molecule has 0 aliphatic rings. The minimum Gasteiger partial charge on any atom is -0.380 e. The minimum absolute atomic E-state index is 0.474. The van der Waals surface area contributed by atoms with Crippen molar-refractivity contribution in [3.05, 3.63) is 28.8 Å². The molecule has 1 aromatic rings. The van der Waals surface area contributed by atoms with Gasteiger partial charge in [0.1, 0.15) is 0 Å². The number of ether oxygens (including phenoxy) is 1. The van der Waals surface area contributed by atoms with Crippen LogP contribution in [0.5, 0.6) is 0 Å². The normalized spacial score (nSPS) is 10.5. The van der Waals surface area contributed by atoms with Crippen LogP contribution in [0, 0.1) is 0 Å². The third kappa shape index (κ3) is 3.67. The van der Waals surface area contributed by atoms with Crippen molar-refractivity contribution in [2.45, 2.75) is 13.5 Å². The summed E-state index contributed by atoms with van der Waals surface area (Å²) in [6.07, 6.45) is 0. The highest BCUT2D eigenvalue weighted by Gasteiger charge is 2.04. The van der Waals surface area contributed by atoms with Crippen molar-refractivity contribution >= 4 is 17.3 Å². The summed E-state index contributed by atoms with van der Waals surface area (Å²) >= 11 is 6.10. The van der Waals surface area contributed by atoms with Gasteiger partial charge in [0.05, 0.1) is 6.61 Å². The van der Waals surface area contributed by atoms with Gasteiger partial charge in [-0.2, -0.15) is 0 Å². The Kier molecular flexibility index (Phi) is 5.60. The number of benzene rings is 1. The summed E-state index contributed by atoms with van der Waals surface area (Å²) < 4.78 is 5.31. The zero-order chi connectivity index (χ0) is 12.0. The van der Waals surface area contributed by atoms with Crippen molar-refractivity contribution in [3.8, 4) is 0 Å². The number of nitrogens with zero attached hydrogens (tertiary/aromatic N) is 1. The van der Waals surface area contributed by atoms with E-state index in [-0.39, 0.29) is 0 Å². The first-order chi connectivity index (χ1) is 7.69. The van der Waals surface area contributed by atoms with Gasteiger partial charge in [0.2, 0.25) is 0 Å². The largest absolute Gasteiger partial charge is 0.380 e. The molecule has 2 N–H and O–H groups in total. The fourth-order valence-corrected chi connectivity index (χ4v) is 1.67. The molecule has 0 atom stereocenters. The number of rotatable bonds is 6. The maximum Gasteiger partial charge on any atom is 0.0641 e. The number of likely N-dealkylation sites (N-methyl/N-ethyl adjacent to an activating group) is 1. The van der Waals surface area contributed by atoms with E-state index in [2.05, 4.69) is 4.90 Å². The Morgan fingerprint density at radius 3 is 2.75 bits per heavy atom. The molecule has 0 saturated carbocycles. The third-order valence-corrected chi connectivity index (χ3v) is 2.82. The lowest BCUT2D eigenvalue weighted by molar-refractivity contribution is 0.154. The van der Waals surface area contributed by atoms with Gasteiger partial charge < -0.3 is 15.4 Å². The van der Waals surface area contributed by atoms with Crippen molar-refractivity contribution in [2.24, 2.45) is 5.73 Å². The molecule has 0 fully saturated rings. The zero-order valence-corrected chi connectivity index (χ0v) is 10.6. The standard InChI is InChI=1S/C12H19ClN2O/c1-3-16-7-6-15(2)11-5-4-10(9-14)12(13)8-11/h4-5,8H,3,6-7,9,14H2,1-2H3. The minimum atomic E-state index is 0.474. The van der Waals surface area contributed by atoms with Gasteiger partial charge in [-0.3, -0.25) is 0 Å². The van der Waals surface area contributed by atoms with Gasteiger partial charge in [-0.15, -0.1) is 0 Å². The molecule has 0 aliphatic carbocycles. The van der Waals surface area contributed by atoms with Crippen LogP contribution in [0.4, 0.5) is 5.69 Å². The Morgan fingerprint density at radius 2 is 2.19 bits per heavy atom. The van der Waals surface area contributed by atoms with Gasteiger partial charge in [-0.05, 0) is 24.6 Å². The second-order valence-electron chi connectivity index (χ2n) is 3.60. The van der Waals surface area contributed by atoms with Gasteiger partial charge in [0.15, 0.2) is 0 Å². The second-order valence-corrected chi connectivity index (χ2v) is 4.01. The average Bonchev–Trinajstić information content (AvgIpc) is 2.29. The van der Waals surface area contributed by atoms with Crippen LogP contribution >= 0.6 is 11.6 Å². The van der Waals surface area contributed by atoms with Crippen molar-refractivity contribution in [1.29, 1.82) is 0 Å². The SMILES string of the molecule is CCOCCN(C)c1ccc(CN)c(Cl)c1. The highest BCUT2D eigenvalue weighted by molar-refractivity contribution is 6.31. The Labute approximate surface area is 102 Å². The van der Waals surface area contributed by atoms with Crippen LogP contribution in [0.3, 0.4) is 0 Å². The molecule has 4 heteroatoms. The molecule has 0 aliphatic heterocycles. The Hall–Kier alpha value is -0.770. The Morgan fingerprint density at radius 1 is 1.44 bits per heavy atom. The first-order valence-corrected chi connectivity index (χ1v) is 5.84. The first kappa shape index (κ1) is 13.3. The molecule has 16 heavy (non-hydrogen) atoms. The van der Waals surface area contributed by atoms with E-state index in [4.69, 9.17) is 22.1 Å². The van der Waals surface area contributed by atoms with Crippen molar-refractivity contribution in [2.75, 3.05) is 31.7 Å². The van der Waals surface area contributed by atoms with E-state index in [0.29, 0.717) is 6.54 Å². The Bertz CT molecular complexity index is 331. The van der Waals surface area contributed by atoms with Crippen LogP contribution in [0.2, 0.25) is 5.02 Å². The van der Waals surface area contributed by atoms with E-state index in [1.807, 2.05) is 32.2 Å². The summed E-state index contributed by atoms with van der Waals surface area (Å²) in [6, 6.07) is 5.94. The smallest absolute Gasteiger partial charge is 0.0641 e. The summed E-state index contributed by atoms with van der Waals surface area (Å²) in [4.78, 5) is 2.11. The summed E-state index contributed by atoms with van der Waals surface area (Å²) in [7, 11) is 2.02. The van der Waals surface area contributed by atoms with Crippen LogP contribution in [0.1, 0.15) is 12.5 Å². The van der Waals surface area contributed by atoms with Crippen molar-refractivity contribution in [1.82, 2.24) is 0 Å². The van der Waals surface area contributed by atoms with Crippen LogP contribution in [-0.2, 0) is 11.3 Å². The molecule has 0 aromatic heterocycles. The van der Waals surface area contributed by atoms with Crippen LogP contribution < -0.4 is 10.6 Å². The van der Waals surface area contributed by atoms with Crippen molar-refractivity contribution < 1.29 is 4.74 Å². The molecule has 0 radical (unpaired) electrons. The fourth-order valence-electron chi connectivity index (χ4n) is 1.41. The predicted octanol–water partition coefficient (Wildman–Crippen LogP) is 2.27. The van der Waals surface area contributed by atoms with Gasteiger partial charge in [0.25, 0.3) is 0 Å². The monoisotopic (exact) mass is 242 g/mol. The van der Waals surface area contributed by atoms with E-state index in [1.165, 1.54) is 0 Å². The van der Waals surface area contributed by atoms with E-state index in [9.17, 15) is 0 Å². The topological polar surface area (TPSA) is 38.5 Å². The highest BCUT2D eigenvalue weighted by atomic mass is 35.5. The molecule has 0 amide bonds. The summed E-state index contributed by atoms with van der Waals surface area (Å²) in [5.41, 5.74) is 7.62. The van der Waals surface area contributed by atoms with E-state index in [0.717, 1.165) is 36.0 Å². The molecule has 90 valence electrons. The van der Waals surface area contributed by atoms with E-state index < -0.39 is 0 Å². The number of hydrogen-bond acceptors (Lipinski definition) is 3. The molecular formula is C12H19ClN2O. The molecule has 0 unspecified atom stereocenters. The number of hydrogen-bond donors (Lipinski definition) is 1. The van der Waals surface area contributed by atoms with Crippen LogP contribution in [0.25, 0.3) is 0 Å². The second kappa shape index (κ2) is 6.74. The quantitative estimate of drug-likeness (QED) is 0.778. The number of nitrogens with two attached hydrogens (primary N) is 1. The fraction of sp³-hybridized carbons (Fsp3) is 0.500. The van der Waals surface area contributed by atoms with E-state index >= 15 is 0 Å². The van der Waals surface area contributed by atoms with Gasteiger partial charge in [-0.25, -0.2) is 0 Å². The molecule has 0 spiro atoms. The molecule has 1 aromatic carbocycles. The molecule has 0 bridgehead atoms. The lowest BCUT2D eigenvalue weighted by Crippen LogP contribution is -2.22. The summed E-state index contributed by atoms with van der Waals surface area (Å²) in [5, 5.41) is 0.725. The highest BCUT2D eigenvalue weighted by Crippen LogP contribution is 2.22. The maximum absolute atomic E-state index is 6.10. The molecule has 0 heterocycles. The maximum atomic E-state index is 6.10. The van der Waals surface area contributed by atoms with Gasteiger partial charge >= 0.3 is 0 Å². The summed E-state index contributed by atoms with van der Waals surface area (Å²) in [6.45, 7) is 4.80. The molecular weight excluding hydrogens is 224 g/mol. The lowest BCUT2D eigenvalue weighted by Gasteiger charge is -2.19. The van der Waals surface area contributed by atoms with Gasteiger partial charge in [-0.1, -0.05) is 17.7 Å². The molecule has 0 saturated heterocycles. The average molecular weight is 243 g/mol. The lowest BCUT2D eigenvalue weighted by atomic mass is 10.2. The molecule has 1 rings (SSSR count). The number of anilines is 1. The Balaban J connectivity index is 2.62. The predicted molar refractivity (Wildman–Crippen MR) is 69.1 cm³/mol. The molecule has 3 nitrogen and oxygen atoms in total.